The number of amides is 2. The summed E-state index contributed by atoms with van der Waals surface area (Å²) >= 11 is 0. The largest absolute Gasteiger partial charge is 0.391 e. The number of carbonyl (C=O) groups excluding carboxylic acids is 2. The van der Waals surface area contributed by atoms with E-state index in [2.05, 4.69) is 5.32 Å². The zero-order chi connectivity index (χ0) is 17.8. The first-order valence-electron chi connectivity index (χ1n) is 9.35. The van der Waals surface area contributed by atoms with Gasteiger partial charge in [0.15, 0.2) is 0 Å². The van der Waals surface area contributed by atoms with Crippen LogP contribution in [0.3, 0.4) is 0 Å². The van der Waals surface area contributed by atoms with Crippen molar-refractivity contribution in [3.8, 4) is 0 Å². The summed E-state index contributed by atoms with van der Waals surface area (Å²) in [6.07, 6.45) is 4.89. The molecule has 0 aromatic heterocycles. The van der Waals surface area contributed by atoms with E-state index in [1.165, 1.54) is 5.56 Å². The van der Waals surface area contributed by atoms with E-state index in [1.54, 1.807) is 4.90 Å². The van der Waals surface area contributed by atoms with E-state index >= 15 is 0 Å². The van der Waals surface area contributed by atoms with Crippen molar-refractivity contribution in [1.82, 2.24) is 10.2 Å². The van der Waals surface area contributed by atoms with Crippen LogP contribution in [0.1, 0.15) is 49.7 Å². The van der Waals surface area contributed by atoms with E-state index < -0.39 is 12.1 Å². The van der Waals surface area contributed by atoms with Crippen LogP contribution in [0.25, 0.3) is 0 Å². The predicted molar refractivity (Wildman–Crippen MR) is 95.7 cm³/mol. The highest BCUT2D eigenvalue weighted by atomic mass is 16.3. The minimum absolute atomic E-state index is 0.0251. The zero-order valence-corrected chi connectivity index (χ0v) is 14.9. The summed E-state index contributed by atoms with van der Waals surface area (Å²) in [6.45, 7) is 2.77. The molecule has 25 heavy (non-hydrogen) atoms. The first-order chi connectivity index (χ1) is 12.0. The Morgan fingerprint density at radius 1 is 1.24 bits per heavy atom. The van der Waals surface area contributed by atoms with Crippen LogP contribution < -0.4 is 5.32 Å². The lowest BCUT2D eigenvalue weighted by molar-refractivity contribution is -0.136. The third kappa shape index (κ3) is 4.40. The average molecular weight is 344 g/mol. The molecular formula is C20H28N2O3. The third-order valence-electron chi connectivity index (χ3n) is 5.53. The van der Waals surface area contributed by atoms with Gasteiger partial charge in [-0.25, -0.2) is 0 Å². The normalized spacial score (nSPS) is 22.4. The number of nitrogens with one attached hydrogen (secondary N) is 1. The van der Waals surface area contributed by atoms with Crippen LogP contribution in [-0.4, -0.2) is 40.5 Å². The van der Waals surface area contributed by atoms with Gasteiger partial charge in [0.2, 0.25) is 11.8 Å². The SMILES string of the molecule is Cc1ccc(CN2C(=O)CCC2C(=O)NCC(O)C2CCCC2)cc1. The Morgan fingerprint density at radius 2 is 1.92 bits per heavy atom. The van der Waals surface area contributed by atoms with Crippen molar-refractivity contribution in [2.45, 2.75) is 64.1 Å². The van der Waals surface area contributed by atoms with E-state index in [1.807, 2.05) is 31.2 Å². The molecule has 1 heterocycles. The highest BCUT2D eigenvalue weighted by Crippen LogP contribution is 2.27. The van der Waals surface area contributed by atoms with Gasteiger partial charge in [-0.15, -0.1) is 0 Å². The molecule has 1 saturated carbocycles. The van der Waals surface area contributed by atoms with Gasteiger partial charge >= 0.3 is 0 Å². The Labute approximate surface area is 149 Å². The number of aliphatic hydroxyl groups excluding tert-OH is 1. The summed E-state index contributed by atoms with van der Waals surface area (Å²) in [7, 11) is 0. The van der Waals surface area contributed by atoms with Crippen LogP contribution >= 0.6 is 0 Å². The molecule has 3 rings (SSSR count). The quantitative estimate of drug-likeness (QED) is 0.831. The summed E-state index contributed by atoms with van der Waals surface area (Å²) in [5, 5.41) is 13.1. The number of hydrogen-bond donors (Lipinski definition) is 2. The summed E-state index contributed by atoms with van der Waals surface area (Å²) in [5.74, 6) is 0.182. The van der Waals surface area contributed by atoms with Crippen LogP contribution in [0.2, 0.25) is 0 Å². The topological polar surface area (TPSA) is 69.6 Å². The van der Waals surface area contributed by atoms with Crippen molar-refractivity contribution in [2.24, 2.45) is 5.92 Å². The molecule has 2 fully saturated rings. The summed E-state index contributed by atoms with van der Waals surface area (Å²) < 4.78 is 0. The van der Waals surface area contributed by atoms with Gasteiger partial charge in [-0.05, 0) is 37.7 Å². The van der Waals surface area contributed by atoms with Crippen molar-refractivity contribution >= 4 is 11.8 Å². The van der Waals surface area contributed by atoms with Crippen molar-refractivity contribution < 1.29 is 14.7 Å². The number of rotatable bonds is 6. The van der Waals surface area contributed by atoms with E-state index in [0.29, 0.717) is 25.3 Å². The van der Waals surface area contributed by atoms with Crippen molar-refractivity contribution in [3.05, 3.63) is 35.4 Å². The minimum Gasteiger partial charge on any atom is -0.391 e. The Balaban J connectivity index is 1.56. The highest BCUT2D eigenvalue weighted by molar-refractivity contribution is 5.90. The van der Waals surface area contributed by atoms with E-state index in [4.69, 9.17) is 0 Å². The van der Waals surface area contributed by atoms with Gasteiger partial charge in [0, 0.05) is 19.5 Å². The monoisotopic (exact) mass is 344 g/mol. The molecule has 1 aromatic rings. The number of nitrogens with zero attached hydrogens (tertiary/aromatic N) is 1. The fourth-order valence-electron chi connectivity index (χ4n) is 3.93. The third-order valence-corrected chi connectivity index (χ3v) is 5.53. The standard InChI is InChI=1S/C20H28N2O3/c1-14-6-8-15(9-7-14)13-22-17(10-11-19(22)24)20(25)21-12-18(23)16-4-2-3-5-16/h6-9,16-18,23H,2-5,10-13H2,1H3,(H,21,25). The number of aliphatic hydroxyl groups is 1. The second-order valence-electron chi connectivity index (χ2n) is 7.42. The predicted octanol–water partition coefficient (Wildman–Crippen LogP) is 2.15. The fourth-order valence-corrected chi connectivity index (χ4v) is 3.93. The lowest BCUT2D eigenvalue weighted by Crippen LogP contribution is -2.46. The maximum Gasteiger partial charge on any atom is 0.242 e. The molecule has 2 atom stereocenters. The average Bonchev–Trinajstić information content (AvgIpc) is 3.25. The smallest absolute Gasteiger partial charge is 0.242 e. The van der Waals surface area contributed by atoms with Gasteiger partial charge < -0.3 is 15.3 Å². The van der Waals surface area contributed by atoms with E-state index in [-0.39, 0.29) is 18.4 Å². The summed E-state index contributed by atoms with van der Waals surface area (Å²) in [6, 6.07) is 7.61. The molecule has 0 bridgehead atoms. The van der Waals surface area contributed by atoms with Crippen LogP contribution in [0.4, 0.5) is 0 Å². The van der Waals surface area contributed by atoms with Gasteiger partial charge in [0.05, 0.1) is 6.10 Å². The molecule has 136 valence electrons. The lowest BCUT2D eigenvalue weighted by Gasteiger charge is -2.25. The second kappa shape index (κ2) is 8.00. The zero-order valence-electron chi connectivity index (χ0n) is 14.9. The van der Waals surface area contributed by atoms with Crippen LogP contribution in [0.15, 0.2) is 24.3 Å². The molecule has 0 radical (unpaired) electrons. The van der Waals surface area contributed by atoms with E-state index in [9.17, 15) is 14.7 Å². The Bertz CT molecular complexity index is 608. The molecule has 0 spiro atoms. The van der Waals surface area contributed by atoms with Gasteiger partial charge in [0.25, 0.3) is 0 Å². The maximum atomic E-state index is 12.5. The van der Waals surface area contributed by atoms with Crippen molar-refractivity contribution in [3.63, 3.8) is 0 Å². The van der Waals surface area contributed by atoms with Gasteiger partial charge in [-0.3, -0.25) is 9.59 Å². The number of hydrogen-bond acceptors (Lipinski definition) is 3. The summed E-state index contributed by atoms with van der Waals surface area (Å²) in [5.41, 5.74) is 2.20. The first kappa shape index (κ1) is 17.9. The van der Waals surface area contributed by atoms with Gasteiger partial charge in [-0.2, -0.15) is 0 Å². The Morgan fingerprint density at radius 3 is 2.60 bits per heavy atom. The van der Waals surface area contributed by atoms with Crippen LogP contribution in [0, 0.1) is 12.8 Å². The molecule has 2 N–H and O–H groups in total. The Kier molecular flexibility index (Phi) is 5.74. The summed E-state index contributed by atoms with van der Waals surface area (Å²) in [4.78, 5) is 26.4. The molecule has 1 aliphatic carbocycles. The highest BCUT2D eigenvalue weighted by Gasteiger charge is 2.36. The maximum absolute atomic E-state index is 12.5. The number of likely N-dealkylation sites (tertiary alicyclic amines) is 1. The number of carbonyl (C=O) groups is 2. The molecule has 5 nitrogen and oxygen atoms in total. The fraction of sp³-hybridized carbons (Fsp3) is 0.600. The van der Waals surface area contributed by atoms with Crippen molar-refractivity contribution in [1.29, 1.82) is 0 Å². The lowest BCUT2D eigenvalue weighted by atomic mass is 10.0. The van der Waals surface area contributed by atoms with Crippen LogP contribution in [0.5, 0.6) is 0 Å². The van der Waals surface area contributed by atoms with Crippen molar-refractivity contribution in [2.75, 3.05) is 6.54 Å². The second-order valence-corrected chi connectivity index (χ2v) is 7.42. The first-order valence-corrected chi connectivity index (χ1v) is 9.35. The van der Waals surface area contributed by atoms with Gasteiger partial charge in [0.1, 0.15) is 6.04 Å². The molecule has 1 aliphatic heterocycles. The van der Waals surface area contributed by atoms with Gasteiger partial charge in [-0.1, -0.05) is 42.7 Å². The molecule has 5 heteroatoms. The van der Waals surface area contributed by atoms with E-state index in [0.717, 1.165) is 31.2 Å². The Hall–Kier alpha value is -1.88. The van der Waals surface area contributed by atoms with Crippen LogP contribution in [-0.2, 0) is 16.1 Å². The molecule has 1 saturated heterocycles. The number of aryl methyl sites for hydroxylation is 1. The molecular weight excluding hydrogens is 316 g/mol. The minimum atomic E-state index is -0.478. The molecule has 2 unspecified atom stereocenters. The molecule has 2 aliphatic rings. The number of benzene rings is 1. The molecule has 1 aromatic carbocycles. The molecule has 2 amide bonds.